The van der Waals surface area contributed by atoms with Crippen molar-refractivity contribution >= 4 is 17.4 Å². The van der Waals surface area contributed by atoms with Crippen LogP contribution in [0, 0.1) is 5.82 Å². The van der Waals surface area contributed by atoms with E-state index in [4.69, 9.17) is 9.47 Å². The van der Waals surface area contributed by atoms with Crippen molar-refractivity contribution in [3.63, 3.8) is 0 Å². The lowest BCUT2D eigenvalue weighted by Crippen LogP contribution is -2.31. The molecule has 9 heteroatoms. The van der Waals surface area contributed by atoms with Crippen LogP contribution in [-0.4, -0.2) is 51.0 Å². The van der Waals surface area contributed by atoms with Crippen molar-refractivity contribution in [3.8, 4) is 11.5 Å². The van der Waals surface area contributed by atoms with Crippen LogP contribution >= 0.6 is 0 Å². The van der Waals surface area contributed by atoms with Crippen molar-refractivity contribution in [1.82, 2.24) is 14.5 Å². The molecule has 2 aliphatic rings. The van der Waals surface area contributed by atoms with Gasteiger partial charge in [-0.05, 0) is 30.7 Å². The summed E-state index contributed by atoms with van der Waals surface area (Å²) in [5.74, 6) is -1.65. The Labute approximate surface area is 194 Å². The molecule has 2 aromatic carbocycles. The summed E-state index contributed by atoms with van der Waals surface area (Å²) in [7, 11) is 0. The first-order valence-corrected chi connectivity index (χ1v) is 10.9. The van der Waals surface area contributed by atoms with Crippen molar-refractivity contribution in [2.24, 2.45) is 0 Å². The third-order valence-electron chi connectivity index (χ3n) is 5.93. The van der Waals surface area contributed by atoms with E-state index in [1.54, 1.807) is 43.0 Å². The summed E-state index contributed by atoms with van der Waals surface area (Å²) in [6.07, 6.45) is 5.62. The van der Waals surface area contributed by atoms with Crippen LogP contribution in [0.1, 0.15) is 23.6 Å². The van der Waals surface area contributed by atoms with E-state index in [1.807, 2.05) is 4.57 Å². The Bertz CT molecular complexity index is 1270. The highest BCUT2D eigenvalue weighted by Gasteiger charge is 2.46. The van der Waals surface area contributed by atoms with Gasteiger partial charge in [0.25, 0.3) is 11.7 Å². The van der Waals surface area contributed by atoms with Crippen molar-refractivity contribution in [2.75, 3.05) is 19.8 Å². The van der Waals surface area contributed by atoms with Crippen molar-refractivity contribution < 1.29 is 28.6 Å². The fourth-order valence-electron chi connectivity index (χ4n) is 4.32. The minimum atomic E-state index is -1.06. The molecule has 8 nitrogen and oxygen atoms in total. The minimum Gasteiger partial charge on any atom is -0.507 e. The van der Waals surface area contributed by atoms with E-state index in [0.29, 0.717) is 37.7 Å². The standard InChI is InChI=1S/C25H22FN3O5/c26-18-5-2-1-4-17(18)22-21(23(30)16-6-7-19-20(14-16)34-13-12-33-19)24(31)25(32)29(22)10-3-9-28-11-8-27-15-28/h1-2,4-8,11,14-15,22,30H,3,9-10,12-13H2/b23-21-. The van der Waals surface area contributed by atoms with E-state index in [-0.39, 0.29) is 29.0 Å². The van der Waals surface area contributed by atoms with Gasteiger partial charge in [0.15, 0.2) is 11.5 Å². The highest BCUT2D eigenvalue weighted by molar-refractivity contribution is 6.46. The number of aryl methyl sites for hydroxylation is 1. The summed E-state index contributed by atoms with van der Waals surface area (Å²) in [5.41, 5.74) is 0.264. The highest BCUT2D eigenvalue weighted by atomic mass is 19.1. The van der Waals surface area contributed by atoms with Crippen LogP contribution < -0.4 is 9.47 Å². The Kier molecular flexibility index (Phi) is 5.75. The molecule has 0 spiro atoms. The quantitative estimate of drug-likeness (QED) is 0.343. The highest BCUT2D eigenvalue weighted by Crippen LogP contribution is 2.41. The predicted octanol–water partition coefficient (Wildman–Crippen LogP) is 3.31. The molecule has 5 rings (SSSR count). The number of ether oxygens (including phenoxy) is 2. The maximum atomic E-state index is 14.9. The topological polar surface area (TPSA) is 93.9 Å². The second kappa shape index (κ2) is 9.01. The SMILES string of the molecule is O=C1C(=O)N(CCCn2ccnc2)C(c2ccccc2F)/C1=C(/O)c1ccc2c(c1)OCCO2. The predicted molar refractivity (Wildman–Crippen MR) is 120 cm³/mol. The van der Waals surface area contributed by atoms with Gasteiger partial charge in [-0.3, -0.25) is 9.59 Å². The first kappa shape index (κ1) is 21.7. The van der Waals surface area contributed by atoms with Crippen LogP contribution in [0.2, 0.25) is 0 Å². The number of carbonyl (C=O) groups is 2. The molecule has 1 N–H and O–H groups in total. The molecule has 1 unspecified atom stereocenters. The zero-order valence-corrected chi connectivity index (χ0v) is 18.2. The third kappa shape index (κ3) is 3.89. The number of amides is 1. The van der Waals surface area contributed by atoms with E-state index >= 15 is 0 Å². The van der Waals surface area contributed by atoms with E-state index in [1.165, 1.54) is 23.1 Å². The molecule has 3 aromatic rings. The van der Waals surface area contributed by atoms with Gasteiger partial charge in [0, 0.05) is 36.6 Å². The number of hydrogen-bond acceptors (Lipinski definition) is 6. The lowest BCUT2D eigenvalue weighted by atomic mass is 9.94. The molecule has 0 radical (unpaired) electrons. The van der Waals surface area contributed by atoms with Gasteiger partial charge >= 0.3 is 0 Å². The van der Waals surface area contributed by atoms with Crippen molar-refractivity contribution in [3.05, 3.63) is 83.7 Å². The number of rotatable bonds is 6. The Morgan fingerprint density at radius 3 is 2.65 bits per heavy atom. The normalized spacial score (nSPS) is 19.0. The van der Waals surface area contributed by atoms with Crippen molar-refractivity contribution in [2.45, 2.75) is 19.0 Å². The number of aliphatic hydroxyl groups excluding tert-OH is 1. The molecule has 2 aliphatic heterocycles. The number of likely N-dealkylation sites (tertiary alicyclic amines) is 1. The fourth-order valence-corrected chi connectivity index (χ4v) is 4.32. The number of fused-ring (bicyclic) bond motifs is 1. The smallest absolute Gasteiger partial charge is 0.295 e. The van der Waals surface area contributed by atoms with Crippen LogP contribution in [0.4, 0.5) is 4.39 Å². The van der Waals surface area contributed by atoms with Crippen LogP contribution in [0.25, 0.3) is 5.76 Å². The number of aromatic nitrogens is 2. The number of hydrogen-bond donors (Lipinski definition) is 1. The van der Waals surface area contributed by atoms with Crippen LogP contribution in [0.3, 0.4) is 0 Å². The zero-order valence-electron chi connectivity index (χ0n) is 18.2. The summed E-state index contributed by atoms with van der Waals surface area (Å²) in [5, 5.41) is 11.2. The number of imidazole rings is 1. The van der Waals surface area contributed by atoms with Gasteiger partial charge in [0.1, 0.15) is 24.8 Å². The molecule has 1 fully saturated rings. The number of Topliss-reactive ketones (excluding diaryl/α,β-unsaturated/α-hetero) is 1. The van der Waals surface area contributed by atoms with Gasteiger partial charge in [-0.2, -0.15) is 0 Å². The second-order valence-corrected chi connectivity index (χ2v) is 8.03. The number of carbonyl (C=O) groups excluding carboxylic acids is 2. The zero-order chi connectivity index (χ0) is 23.7. The first-order valence-electron chi connectivity index (χ1n) is 10.9. The van der Waals surface area contributed by atoms with Gasteiger partial charge in [-0.15, -0.1) is 0 Å². The van der Waals surface area contributed by atoms with Gasteiger partial charge in [-0.25, -0.2) is 9.37 Å². The maximum absolute atomic E-state index is 14.9. The van der Waals surface area contributed by atoms with Crippen LogP contribution in [0.5, 0.6) is 11.5 Å². The Morgan fingerprint density at radius 1 is 1.09 bits per heavy atom. The monoisotopic (exact) mass is 463 g/mol. The van der Waals surface area contributed by atoms with E-state index in [0.717, 1.165) is 0 Å². The lowest BCUT2D eigenvalue weighted by Gasteiger charge is -2.26. The number of halogens is 1. The average Bonchev–Trinajstić information content (AvgIpc) is 3.46. The molecule has 1 saturated heterocycles. The largest absolute Gasteiger partial charge is 0.507 e. The van der Waals surface area contributed by atoms with E-state index in [2.05, 4.69) is 4.98 Å². The summed E-state index contributed by atoms with van der Waals surface area (Å²) < 4.78 is 27.8. The summed E-state index contributed by atoms with van der Waals surface area (Å²) in [6.45, 7) is 1.53. The fraction of sp³-hybridized carbons (Fsp3) is 0.240. The van der Waals surface area contributed by atoms with Crippen LogP contribution in [-0.2, 0) is 16.1 Å². The third-order valence-corrected chi connectivity index (χ3v) is 5.93. The molecule has 1 amide bonds. The number of ketones is 1. The summed E-state index contributed by atoms with van der Waals surface area (Å²) in [6, 6.07) is 9.65. The van der Waals surface area contributed by atoms with Crippen molar-refractivity contribution in [1.29, 1.82) is 0 Å². The molecular formula is C25H22FN3O5. The average molecular weight is 463 g/mol. The van der Waals surface area contributed by atoms with Gasteiger partial charge in [0.2, 0.25) is 0 Å². The van der Waals surface area contributed by atoms with Gasteiger partial charge in [0.05, 0.1) is 17.9 Å². The van der Waals surface area contributed by atoms with Crippen LogP contribution in [0.15, 0.2) is 66.8 Å². The number of nitrogens with zero attached hydrogens (tertiary/aromatic N) is 3. The number of benzene rings is 2. The molecule has 0 bridgehead atoms. The molecule has 3 heterocycles. The molecule has 1 atom stereocenters. The van der Waals surface area contributed by atoms with E-state index < -0.39 is 23.5 Å². The molecular weight excluding hydrogens is 441 g/mol. The van der Waals surface area contributed by atoms with Gasteiger partial charge < -0.3 is 24.0 Å². The summed E-state index contributed by atoms with van der Waals surface area (Å²) in [4.78, 5) is 31.4. The molecule has 1 aromatic heterocycles. The minimum absolute atomic E-state index is 0.142. The first-order chi connectivity index (χ1) is 16.5. The van der Waals surface area contributed by atoms with Gasteiger partial charge in [-0.1, -0.05) is 18.2 Å². The summed E-state index contributed by atoms with van der Waals surface area (Å²) >= 11 is 0. The van der Waals surface area contributed by atoms with E-state index in [9.17, 15) is 19.1 Å². The second-order valence-electron chi connectivity index (χ2n) is 8.03. The number of aliphatic hydroxyl groups is 1. The Hall–Kier alpha value is -4.14. The molecule has 0 aliphatic carbocycles. The molecule has 0 saturated carbocycles. The molecule has 174 valence electrons. The lowest BCUT2D eigenvalue weighted by molar-refractivity contribution is -0.140. The Morgan fingerprint density at radius 2 is 1.88 bits per heavy atom. The Balaban J connectivity index is 1.55. The molecule has 34 heavy (non-hydrogen) atoms. The maximum Gasteiger partial charge on any atom is 0.295 e.